The van der Waals surface area contributed by atoms with E-state index in [0.717, 1.165) is 24.5 Å². The van der Waals surface area contributed by atoms with Crippen molar-refractivity contribution in [1.29, 1.82) is 0 Å². The number of nitrogens with one attached hydrogen (secondary N) is 2. The summed E-state index contributed by atoms with van der Waals surface area (Å²) in [6.07, 6.45) is 5.86. The lowest BCUT2D eigenvalue weighted by atomic mass is 10.0. The number of hydrogen-bond acceptors (Lipinski definition) is 4. The lowest BCUT2D eigenvalue weighted by molar-refractivity contribution is 0.160. The summed E-state index contributed by atoms with van der Waals surface area (Å²) in [5, 5.41) is 10.7. The number of aromatic amines is 1. The standard InChI is InChI=1S/C19H28N4O/c1-15-17(13-21-22-15)12-20-14-19(23-10-4-3-5-11-23)16-6-8-18(24-2)9-7-16/h6-9,13,19-20H,3-5,10-12,14H2,1-2H3,(H,21,22)/t19-/m1/s1. The van der Waals surface area contributed by atoms with E-state index in [0.29, 0.717) is 6.04 Å². The highest BCUT2D eigenvalue weighted by Crippen LogP contribution is 2.26. The van der Waals surface area contributed by atoms with Crippen LogP contribution in [0.5, 0.6) is 5.75 Å². The van der Waals surface area contributed by atoms with Gasteiger partial charge in [0.1, 0.15) is 5.75 Å². The van der Waals surface area contributed by atoms with Gasteiger partial charge in [0.15, 0.2) is 0 Å². The normalized spacial score (nSPS) is 16.9. The van der Waals surface area contributed by atoms with Crippen LogP contribution in [-0.2, 0) is 6.54 Å². The summed E-state index contributed by atoms with van der Waals surface area (Å²) in [5.41, 5.74) is 3.73. The van der Waals surface area contributed by atoms with Crippen LogP contribution in [0.3, 0.4) is 0 Å². The van der Waals surface area contributed by atoms with Crippen LogP contribution in [-0.4, -0.2) is 41.8 Å². The second-order valence-electron chi connectivity index (χ2n) is 6.54. The molecule has 24 heavy (non-hydrogen) atoms. The van der Waals surface area contributed by atoms with Crippen molar-refractivity contribution in [3.05, 3.63) is 47.3 Å². The van der Waals surface area contributed by atoms with Crippen molar-refractivity contribution >= 4 is 0 Å². The summed E-state index contributed by atoms with van der Waals surface area (Å²) in [6.45, 7) is 6.22. The summed E-state index contributed by atoms with van der Waals surface area (Å²) < 4.78 is 5.30. The molecule has 0 bridgehead atoms. The fraction of sp³-hybridized carbons (Fsp3) is 0.526. The maximum Gasteiger partial charge on any atom is 0.118 e. The minimum Gasteiger partial charge on any atom is -0.497 e. The average Bonchev–Trinajstić information content (AvgIpc) is 3.05. The molecule has 0 spiro atoms. The third-order valence-electron chi connectivity index (χ3n) is 4.92. The van der Waals surface area contributed by atoms with Crippen LogP contribution >= 0.6 is 0 Å². The second kappa shape index (κ2) is 8.31. The molecule has 0 amide bonds. The number of methoxy groups -OCH3 is 1. The average molecular weight is 328 g/mol. The topological polar surface area (TPSA) is 53.2 Å². The molecule has 5 nitrogen and oxygen atoms in total. The van der Waals surface area contributed by atoms with Crippen LogP contribution in [0.2, 0.25) is 0 Å². The van der Waals surface area contributed by atoms with Gasteiger partial charge in [0.25, 0.3) is 0 Å². The maximum atomic E-state index is 5.30. The number of ether oxygens (including phenoxy) is 1. The van der Waals surface area contributed by atoms with Gasteiger partial charge >= 0.3 is 0 Å². The van der Waals surface area contributed by atoms with Gasteiger partial charge < -0.3 is 10.1 Å². The minimum absolute atomic E-state index is 0.406. The first-order valence-electron chi connectivity index (χ1n) is 8.85. The van der Waals surface area contributed by atoms with Crippen molar-refractivity contribution in [1.82, 2.24) is 20.4 Å². The number of aromatic nitrogens is 2. The van der Waals surface area contributed by atoms with Crippen molar-refractivity contribution in [2.24, 2.45) is 0 Å². The van der Waals surface area contributed by atoms with E-state index in [1.54, 1.807) is 7.11 Å². The van der Waals surface area contributed by atoms with Gasteiger partial charge in [-0.2, -0.15) is 5.10 Å². The van der Waals surface area contributed by atoms with Crippen molar-refractivity contribution in [3.63, 3.8) is 0 Å². The van der Waals surface area contributed by atoms with Crippen molar-refractivity contribution < 1.29 is 4.74 Å². The van der Waals surface area contributed by atoms with E-state index in [2.05, 4.69) is 51.6 Å². The van der Waals surface area contributed by atoms with Crippen LogP contribution in [0, 0.1) is 6.92 Å². The number of benzene rings is 1. The van der Waals surface area contributed by atoms with E-state index >= 15 is 0 Å². The highest BCUT2D eigenvalue weighted by atomic mass is 16.5. The molecule has 1 aliphatic heterocycles. The highest BCUT2D eigenvalue weighted by Gasteiger charge is 2.22. The first-order valence-corrected chi connectivity index (χ1v) is 8.85. The molecular formula is C19H28N4O. The second-order valence-corrected chi connectivity index (χ2v) is 6.54. The zero-order valence-corrected chi connectivity index (χ0v) is 14.7. The van der Waals surface area contributed by atoms with Gasteiger partial charge in [-0.25, -0.2) is 0 Å². The van der Waals surface area contributed by atoms with Crippen LogP contribution in [0.4, 0.5) is 0 Å². The smallest absolute Gasteiger partial charge is 0.118 e. The molecule has 2 heterocycles. The van der Waals surface area contributed by atoms with Gasteiger partial charge in [-0.3, -0.25) is 10.00 Å². The molecule has 1 saturated heterocycles. The molecule has 3 rings (SSSR count). The molecule has 0 unspecified atom stereocenters. The van der Waals surface area contributed by atoms with Gasteiger partial charge in [-0.15, -0.1) is 0 Å². The van der Waals surface area contributed by atoms with Crippen LogP contribution < -0.4 is 10.1 Å². The van der Waals surface area contributed by atoms with E-state index in [1.807, 2.05) is 6.20 Å². The molecule has 1 aromatic heterocycles. The summed E-state index contributed by atoms with van der Waals surface area (Å²) in [5.74, 6) is 0.915. The number of hydrogen-bond donors (Lipinski definition) is 2. The predicted octanol–water partition coefficient (Wildman–Crippen LogP) is 3.04. The van der Waals surface area contributed by atoms with Crippen LogP contribution in [0.25, 0.3) is 0 Å². The highest BCUT2D eigenvalue weighted by molar-refractivity contribution is 5.29. The molecule has 1 atom stereocenters. The molecule has 0 aliphatic carbocycles. The Labute approximate surface area is 144 Å². The zero-order chi connectivity index (χ0) is 16.8. The number of piperidine rings is 1. The fourth-order valence-corrected chi connectivity index (χ4v) is 3.41. The molecule has 0 radical (unpaired) electrons. The lowest BCUT2D eigenvalue weighted by Gasteiger charge is -2.35. The van der Waals surface area contributed by atoms with Crippen LogP contribution in [0.1, 0.15) is 42.1 Å². The largest absolute Gasteiger partial charge is 0.497 e. The summed E-state index contributed by atoms with van der Waals surface area (Å²) in [6, 6.07) is 8.92. The van der Waals surface area contributed by atoms with Gasteiger partial charge in [0.05, 0.1) is 13.3 Å². The predicted molar refractivity (Wildman–Crippen MR) is 96.2 cm³/mol. The van der Waals surface area contributed by atoms with Gasteiger partial charge in [-0.05, 0) is 50.6 Å². The molecule has 1 aromatic carbocycles. The Kier molecular flexibility index (Phi) is 5.88. The van der Waals surface area contributed by atoms with Crippen LogP contribution in [0.15, 0.2) is 30.5 Å². The molecule has 5 heteroatoms. The fourth-order valence-electron chi connectivity index (χ4n) is 3.41. The number of aryl methyl sites for hydroxylation is 1. The summed E-state index contributed by atoms with van der Waals surface area (Å²) in [4.78, 5) is 2.61. The van der Waals surface area contributed by atoms with Gasteiger partial charge in [-0.1, -0.05) is 18.6 Å². The maximum absolute atomic E-state index is 5.30. The van der Waals surface area contributed by atoms with Crippen molar-refractivity contribution in [2.45, 2.75) is 38.8 Å². The number of rotatable bonds is 7. The van der Waals surface area contributed by atoms with E-state index < -0.39 is 0 Å². The third kappa shape index (κ3) is 4.16. The van der Waals surface area contributed by atoms with E-state index in [-0.39, 0.29) is 0 Å². The summed E-state index contributed by atoms with van der Waals surface area (Å²) >= 11 is 0. The Balaban J connectivity index is 1.67. The molecule has 0 saturated carbocycles. The van der Waals surface area contributed by atoms with E-state index in [4.69, 9.17) is 4.74 Å². The number of likely N-dealkylation sites (tertiary alicyclic amines) is 1. The van der Waals surface area contributed by atoms with Crippen molar-refractivity contribution in [2.75, 3.05) is 26.7 Å². The quantitative estimate of drug-likeness (QED) is 0.820. The Morgan fingerprint density at radius 3 is 2.58 bits per heavy atom. The Morgan fingerprint density at radius 2 is 1.96 bits per heavy atom. The number of nitrogens with zero attached hydrogens (tertiary/aromatic N) is 2. The Bertz CT molecular complexity index is 617. The Morgan fingerprint density at radius 1 is 1.21 bits per heavy atom. The first kappa shape index (κ1) is 17.0. The molecule has 130 valence electrons. The lowest BCUT2D eigenvalue weighted by Crippen LogP contribution is -2.39. The molecule has 1 fully saturated rings. The number of H-pyrrole nitrogens is 1. The molecule has 2 aromatic rings. The molecular weight excluding hydrogens is 300 g/mol. The monoisotopic (exact) mass is 328 g/mol. The summed E-state index contributed by atoms with van der Waals surface area (Å²) in [7, 11) is 1.71. The van der Waals surface area contributed by atoms with E-state index in [1.165, 1.54) is 43.5 Å². The molecule has 1 aliphatic rings. The minimum atomic E-state index is 0.406. The zero-order valence-electron chi connectivity index (χ0n) is 14.7. The van der Waals surface area contributed by atoms with E-state index in [9.17, 15) is 0 Å². The molecule has 2 N–H and O–H groups in total. The van der Waals surface area contributed by atoms with Gasteiger partial charge in [0.2, 0.25) is 0 Å². The Hall–Kier alpha value is -1.85. The third-order valence-corrected chi connectivity index (χ3v) is 4.92. The van der Waals surface area contributed by atoms with Crippen molar-refractivity contribution in [3.8, 4) is 5.75 Å². The SMILES string of the molecule is COc1ccc([C@@H](CNCc2cn[nH]c2C)N2CCCCC2)cc1. The first-order chi connectivity index (χ1) is 11.8. The van der Waals surface area contributed by atoms with Gasteiger partial charge in [0, 0.05) is 30.4 Å².